The minimum Gasteiger partial charge on any atom is -0.496 e. The zero-order valence-electron chi connectivity index (χ0n) is 19.6. The summed E-state index contributed by atoms with van der Waals surface area (Å²) in [5.41, 5.74) is 1.90. The van der Waals surface area contributed by atoms with Crippen molar-refractivity contribution in [3.05, 3.63) is 89.5 Å². The maximum absolute atomic E-state index is 15.0. The second-order valence-corrected chi connectivity index (χ2v) is 9.34. The minimum absolute atomic E-state index is 0.0383. The smallest absolute Gasteiger partial charge is 0.248 e. The second-order valence-electron chi connectivity index (χ2n) is 8.38. The number of fused-ring (bicyclic) bond motifs is 3. The molecule has 1 aromatic heterocycles. The third-order valence-electron chi connectivity index (χ3n) is 6.28. The number of carbonyl (C=O) groups is 2. The van der Waals surface area contributed by atoms with Gasteiger partial charge in [0.05, 0.1) is 23.6 Å². The van der Waals surface area contributed by atoms with Crippen LogP contribution in [0.4, 0.5) is 14.5 Å². The van der Waals surface area contributed by atoms with Gasteiger partial charge in [-0.15, -0.1) is 0 Å². The third-order valence-corrected chi connectivity index (χ3v) is 7.44. The van der Waals surface area contributed by atoms with E-state index in [2.05, 4.69) is 5.32 Å². The Labute approximate surface area is 210 Å². The molecule has 9 heteroatoms. The molecule has 1 atom stereocenters. The number of ether oxygens (including phenoxy) is 1. The fraction of sp³-hybridized carbons (Fsp3) is 0.185. The lowest BCUT2D eigenvalue weighted by molar-refractivity contribution is -0.126. The van der Waals surface area contributed by atoms with Crippen LogP contribution in [0.15, 0.2) is 71.8 Å². The number of methoxy groups -OCH3 is 1. The maximum atomic E-state index is 15.0. The van der Waals surface area contributed by atoms with Crippen LogP contribution in [0.5, 0.6) is 5.75 Å². The molecule has 3 aromatic carbocycles. The predicted octanol–water partition coefficient (Wildman–Crippen LogP) is 4.96. The third kappa shape index (κ3) is 4.09. The van der Waals surface area contributed by atoms with Crippen LogP contribution in [0, 0.1) is 11.6 Å². The number of rotatable bonds is 5. The van der Waals surface area contributed by atoms with Crippen LogP contribution in [0.3, 0.4) is 0 Å². The summed E-state index contributed by atoms with van der Waals surface area (Å²) in [6, 6.07) is 16.4. The Bertz CT molecular complexity index is 1490. The molecule has 0 aliphatic carbocycles. The number of thioether (sulfide) groups is 1. The second kappa shape index (κ2) is 9.66. The van der Waals surface area contributed by atoms with Crippen molar-refractivity contribution in [3.8, 4) is 5.75 Å². The Morgan fingerprint density at radius 1 is 1.11 bits per heavy atom. The van der Waals surface area contributed by atoms with Crippen molar-refractivity contribution in [2.24, 2.45) is 7.05 Å². The number of amides is 2. The topological polar surface area (TPSA) is 63.6 Å². The van der Waals surface area contributed by atoms with E-state index < -0.39 is 29.5 Å². The van der Waals surface area contributed by atoms with E-state index >= 15 is 4.39 Å². The summed E-state index contributed by atoms with van der Waals surface area (Å²) in [4.78, 5) is 28.4. The quantitative estimate of drug-likeness (QED) is 0.415. The van der Waals surface area contributed by atoms with Crippen molar-refractivity contribution >= 4 is 40.2 Å². The highest BCUT2D eigenvalue weighted by atomic mass is 32.2. The Morgan fingerprint density at radius 3 is 2.67 bits per heavy atom. The van der Waals surface area contributed by atoms with Gasteiger partial charge in [-0.25, -0.2) is 8.78 Å². The van der Waals surface area contributed by atoms with Gasteiger partial charge in [0.15, 0.2) is 0 Å². The zero-order valence-corrected chi connectivity index (χ0v) is 20.4. The number of hydrogen-bond acceptors (Lipinski definition) is 4. The molecule has 0 radical (unpaired) electrons. The number of nitrogens with one attached hydrogen (secondary N) is 1. The molecule has 0 spiro atoms. The predicted molar refractivity (Wildman–Crippen MR) is 135 cm³/mol. The molecule has 5 rings (SSSR count). The lowest BCUT2D eigenvalue weighted by Gasteiger charge is -2.30. The number of para-hydroxylation sites is 2. The fourth-order valence-corrected chi connectivity index (χ4v) is 5.70. The van der Waals surface area contributed by atoms with Gasteiger partial charge in [-0.3, -0.25) is 14.5 Å². The first-order chi connectivity index (χ1) is 17.4. The number of aromatic nitrogens is 1. The molecule has 0 unspecified atom stereocenters. The fourth-order valence-electron chi connectivity index (χ4n) is 4.63. The van der Waals surface area contributed by atoms with Crippen LogP contribution >= 0.6 is 11.8 Å². The number of aryl methyl sites for hydroxylation is 1. The largest absolute Gasteiger partial charge is 0.496 e. The molecule has 0 saturated heterocycles. The van der Waals surface area contributed by atoms with Crippen LogP contribution < -0.4 is 15.0 Å². The van der Waals surface area contributed by atoms with Gasteiger partial charge in [0.25, 0.3) is 0 Å². The van der Waals surface area contributed by atoms with Crippen LogP contribution in [0.1, 0.15) is 17.2 Å². The number of carbonyl (C=O) groups excluding carboxylic acids is 2. The van der Waals surface area contributed by atoms with Gasteiger partial charge < -0.3 is 14.6 Å². The lowest BCUT2D eigenvalue weighted by Crippen LogP contribution is -2.44. The van der Waals surface area contributed by atoms with Gasteiger partial charge in [0.2, 0.25) is 11.8 Å². The van der Waals surface area contributed by atoms with E-state index in [-0.39, 0.29) is 18.0 Å². The number of hydrogen-bond donors (Lipinski definition) is 1. The van der Waals surface area contributed by atoms with Crippen molar-refractivity contribution in [2.75, 3.05) is 17.8 Å². The summed E-state index contributed by atoms with van der Waals surface area (Å²) in [6.45, 7) is 0.125. The normalized spacial score (nSPS) is 15.5. The molecule has 6 nitrogen and oxygen atoms in total. The summed E-state index contributed by atoms with van der Waals surface area (Å²) < 4.78 is 36.6. The average molecular weight is 508 g/mol. The highest BCUT2D eigenvalue weighted by Gasteiger charge is 2.40. The standard InChI is InChI=1S/C27H23F2N3O3S/c1-31-20-9-5-4-8-18(20)24-25(26(34)30-14-16-7-3-6-10-22(16)35-2)32(23(33)15-36-27(24)31)21-13-17(28)11-12-19(21)29/h3-13,25H,14-15H2,1-2H3,(H,30,34)/t25-/m0/s1. The molecule has 0 bridgehead atoms. The monoisotopic (exact) mass is 507 g/mol. The number of nitrogens with zero attached hydrogens (tertiary/aromatic N) is 2. The van der Waals surface area contributed by atoms with Crippen molar-refractivity contribution in [2.45, 2.75) is 17.6 Å². The lowest BCUT2D eigenvalue weighted by atomic mass is 10.0. The number of benzene rings is 3. The first kappa shape index (κ1) is 23.9. The molecule has 0 saturated carbocycles. The van der Waals surface area contributed by atoms with E-state index in [1.54, 1.807) is 13.2 Å². The van der Waals surface area contributed by atoms with Crippen LogP contribution in [-0.4, -0.2) is 29.2 Å². The first-order valence-electron chi connectivity index (χ1n) is 11.3. The Morgan fingerprint density at radius 2 is 1.86 bits per heavy atom. The Kier molecular flexibility index (Phi) is 6.40. The van der Waals surface area contributed by atoms with E-state index in [0.717, 1.165) is 44.6 Å². The summed E-state index contributed by atoms with van der Waals surface area (Å²) in [5.74, 6) is -1.95. The summed E-state index contributed by atoms with van der Waals surface area (Å²) >= 11 is 1.28. The molecule has 4 aromatic rings. The summed E-state index contributed by atoms with van der Waals surface area (Å²) in [6.07, 6.45) is 0. The number of anilines is 1. The first-order valence-corrected chi connectivity index (χ1v) is 12.3. The summed E-state index contributed by atoms with van der Waals surface area (Å²) in [5, 5.41) is 4.38. The molecular weight excluding hydrogens is 484 g/mol. The van der Waals surface area contributed by atoms with Crippen molar-refractivity contribution in [1.29, 1.82) is 0 Å². The van der Waals surface area contributed by atoms with E-state index in [9.17, 15) is 14.0 Å². The van der Waals surface area contributed by atoms with E-state index in [1.807, 2.05) is 54.1 Å². The van der Waals surface area contributed by atoms with Crippen molar-refractivity contribution < 1.29 is 23.1 Å². The van der Waals surface area contributed by atoms with Gasteiger partial charge >= 0.3 is 0 Å². The molecule has 2 amide bonds. The molecule has 36 heavy (non-hydrogen) atoms. The van der Waals surface area contributed by atoms with Gasteiger partial charge in [-0.2, -0.15) is 0 Å². The highest BCUT2D eigenvalue weighted by Crippen LogP contribution is 2.44. The molecule has 2 heterocycles. The Hall–Kier alpha value is -3.85. The van der Waals surface area contributed by atoms with Crippen molar-refractivity contribution in [1.82, 2.24) is 9.88 Å². The molecule has 0 fully saturated rings. The van der Waals surface area contributed by atoms with E-state index in [4.69, 9.17) is 4.74 Å². The summed E-state index contributed by atoms with van der Waals surface area (Å²) in [7, 11) is 3.40. The van der Waals surface area contributed by atoms with Crippen LogP contribution in [-0.2, 0) is 23.2 Å². The van der Waals surface area contributed by atoms with E-state index in [0.29, 0.717) is 11.3 Å². The molecule has 184 valence electrons. The van der Waals surface area contributed by atoms with Crippen LogP contribution in [0.25, 0.3) is 10.9 Å². The Balaban J connectivity index is 1.66. The molecule has 1 N–H and O–H groups in total. The zero-order chi connectivity index (χ0) is 25.4. The van der Waals surface area contributed by atoms with Crippen molar-refractivity contribution in [3.63, 3.8) is 0 Å². The molecule has 1 aliphatic rings. The minimum atomic E-state index is -1.22. The molecule has 1 aliphatic heterocycles. The van der Waals surface area contributed by atoms with Gasteiger partial charge in [-0.05, 0) is 24.3 Å². The maximum Gasteiger partial charge on any atom is 0.248 e. The van der Waals surface area contributed by atoms with Crippen LogP contribution in [0.2, 0.25) is 0 Å². The van der Waals surface area contributed by atoms with Gasteiger partial charge in [0, 0.05) is 41.7 Å². The highest BCUT2D eigenvalue weighted by molar-refractivity contribution is 8.00. The SMILES string of the molecule is COc1ccccc1CNC(=O)[C@@H]1c2c(n(C)c3ccccc23)SCC(=O)N1c1cc(F)ccc1F. The number of halogens is 2. The average Bonchev–Trinajstić information content (AvgIpc) is 3.06. The van der Waals surface area contributed by atoms with E-state index in [1.165, 1.54) is 11.8 Å². The van der Waals surface area contributed by atoms with Gasteiger partial charge in [0.1, 0.15) is 23.4 Å². The van der Waals surface area contributed by atoms with Gasteiger partial charge in [-0.1, -0.05) is 48.2 Å². The molecular formula is C27H23F2N3O3S.